The first-order valence-corrected chi connectivity index (χ1v) is 7.37. The minimum Gasteiger partial charge on any atom is -0.337 e. The van der Waals surface area contributed by atoms with Crippen LogP contribution in [0.3, 0.4) is 0 Å². The Labute approximate surface area is 115 Å². The Bertz CT molecular complexity index is 563. The molecule has 1 atom stereocenters. The van der Waals surface area contributed by atoms with Crippen LogP contribution in [-0.4, -0.2) is 39.1 Å². The van der Waals surface area contributed by atoms with Gasteiger partial charge in [-0.25, -0.2) is 4.98 Å². The summed E-state index contributed by atoms with van der Waals surface area (Å²) in [6.07, 6.45) is 3.97. The molecule has 5 nitrogen and oxygen atoms in total. The third kappa shape index (κ3) is 2.40. The van der Waals surface area contributed by atoms with Gasteiger partial charge in [0, 0.05) is 30.1 Å². The molecule has 19 heavy (non-hydrogen) atoms. The second-order valence-electron chi connectivity index (χ2n) is 4.93. The van der Waals surface area contributed by atoms with Crippen molar-refractivity contribution in [2.24, 2.45) is 0 Å². The van der Waals surface area contributed by atoms with Crippen LogP contribution in [0.2, 0.25) is 0 Å². The summed E-state index contributed by atoms with van der Waals surface area (Å²) in [5, 5.41) is 8.96. The molecule has 2 aromatic heterocycles. The zero-order valence-corrected chi connectivity index (χ0v) is 11.6. The molecule has 3 heterocycles. The minimum absolute atomic E-state index is 0.0446. The first-order valence-electron chi connectivity index (χ1n) is 6.43. The number of thiazole rings is 1. The monoisotopic (exact) mass is 276 g/mol. The number of aryl methyl sites for hydroxylation is 1. The lowest BCUT2D eigenvalue weighted by molar-refractivity contribution is 0.0700. The van der Waals surface area contributed by atoms with Gasteiger partial charge in [0.05, 0.1) is 11.7 Å². The number of carbonyl (C=O) groups is 1. The van der Waals surface area contributed by atoms with Crippen molar-refractivity contribution in [2.45, 2.75) is 25.7 Å². The predicted octanol–water partition coefficient (Wildman–Crippen LogP) is 2.19. The lowest BCUT2D eigenvalue weighted by atomic mass is 9.93. The average molecular weight is 276 g/mol. The largest absolute Gasteiger partial charge is 0.337 e. The maximum atomic E-state index is 12.3. The summed E-state index contributed by atoms with van der Waals surface area (Å²) in [6.45, 7) is 3.62. The Kier molecular flexibility index (Phi) is 3.33. The van der Waals surface area contributed by atoms with Gasteiger partial charge in [-0.15, -0.1) is 11.3 Å². The summed E-state index contributed by atoms with van der Waals surface area (Å²) < 4.78 is 0. The third-order valence-corrected chi connectivity index (χ3v) is 4.22. The van der Waals surface area contributed by atoms with Crippen molar-refractivity contribution < 1.29 is 4.79 Å². The maximum Gasteiger partial charge on any atom is 0.273 e. The number of hydrogen-bond donors (Lipinski definition) is 1. The van der Waals surface area contributed by atoms with Crippen LogP contribution in [0.1, 0.15) is 40.5 Å². The van der Waals surface area contributed by atoms with Crippen molar-refractivity contribution in [3.8, 4) is 0 Å². The first kappa shape index (κ1) is 12.3. The highest BCUT2D eigenvalue weighted by atomic mass is 32.1. The van der Waals surface area contributed by atoms with Gasteiger partial charge in [0.25, 0.3) is 5.91 Å². The summed E-state index contributed by atoms with van der Waals surface area (Å²) >= 11 is 1.46. The molecule has 1 fully saturated rings. The molecule has 1 aliphatic rings. The van der Waals surface area contributed by atoms with E-state index in [9.17, 15) is 4.79 Å². The molecule has 0 spiro atoms. The summed E-state index contributed by atoms with van der Waals surface area (Å²) in [6, 6.07) is 0. The quantitative estimate of drug-likeness (QED) is 0.914. The van der Waals surface area contributed by atoms with Crippen LogP contribution in [0.5, 0.6) is 0 Å². The fraction of sp³-hybridized carbons (Fsp3) is 0.462. The normalized spacial score (nSPS) is 19.6. The van der Waals surface area contributed by atoms with Crippen LogP contribution in [0, 0.1) is 6.92 Å². The highest BCUT2D eigenvalue weighted by Gasteiger charge is 2.27. The molecule has 1 saturated heterocycles. The van der Waals surface area contributed by atoms with Crippen molar-refractivity contribution in [1.82, 2.24) is 20.1 Å². The lowest BCUT2D eigenvalue weighted by Gasteiger charge is -2.32. The van der Waals surface area contributed by atoms with Crippen LogP contribution in [0.15, 0.2) is 17.1 Å². The average Bonchev–Trinajstić information content (AvgIpc) is 3.09. The van der Waals surface area contributed by atoms with E-state index in [0.717, 1.165) is 31.6 Å². The maximum absolute atomic E-state index is 12.3. The number of aromatic nitrogens is 3. The minimum atomic E-state index is 0.0446. The topological polar surface area (TPSA) is 61.9 Å². The van der Waals surface area contributed by atoms with E-state index in [4.69, 9.17) is 0 Å². The number of likely N-dealkylation sites (tertiary alicyclic amines) is 1. The van der Waals surface area contributed by atoms with E-state index in [1.54, 1.807) is 5.51 Å². The van der Waals surface area contributed by atoms with Gasteiger partial charge in [-0.1, -0.05) is 0 Å². The lowest BCUT2D eigenvalue weighted by Crippen LogP contribution is -2.39. The summed E-state index contributed by atoms with van der Waals surface area (Å²) in [5.74, 6) is 0.405. The zero-order chi connectivity index (χ0) is 13.2. The van der Waals surface area contributed by atoms with Crippen LogP contribution in [0.4, 0.5) is 0 Å². The van der Waals surface area contributed by atoms with Gasteiger partial charge in [-0.05, 0) is 25.3 Å². The first-order chi connectivity index (χ1) is 9.25. The van der Waals surface area contributed by atoms with E-state index < -0.39 is 0 Å². The molecule has 0 radical (unpaired) electrons. The Hall–Kier alpha value is -1.69. The van der Waals surface area contributed by atoms with Gasteiger partial charge < -0.3 is 4.90 Å². The van der Waals surface area contributed by atoms with E-state index >= 15 is 0 Å². The number of nitrogens with one attached hydrogen (secondary N) is 1. The van der Waals surface area contributed by atoms with Crippen LogP contribution < -0.4 is 0 Å². The van der Waals surface area contributed by atoms with Gasteiger partial charge >= 0.3 is 0 Å². The Morgan fingerprint density at radius 2 is 2.47 bits per heavy atom. The van der Waals surface area contributed by atoms with Gasteiger partial charge in [-0.2, -0.15) is 5.10 Å². The van der Waals surface area contributed by atoms with Gasteiger partial charge in [0.2, 0.25) is 0 Å². The van der Waals surface area contributed by atoms with Crippen molar-refractivity contribution in [1.29, 1.82) is 0 Å². The highest BCUT2D eigenvalue weighted by Crippen LogP contribution is 2.28. The Morgan fingerprint density at radius 3 is 3.16 bits per heavy atom. The standard InChI is InChI=1S/C13H16N4OS/c1-9-5-15-16-12(9)10-3-2-4-17(6-10)13(18)11-7-19-8-14-11/h5,7-8,10H,2-4,6H2,1H3,(H,15,16). The molecule has 1 amide bonds. The molecule has 0 aliphatic carbocycles. The number of rotatable bonds is 2. The molecule has 1 aliphatic heterocycles. The third-order valence-electron chi connectivity index (χ3n) is 3.64. The molecule has 0 bridgehead atoms. The summed E-state index contributed by atoms with van der Waals surface area (Å²) in [4.78, 5) is 18.3. The molecule has 3 rings (SSSR count). The van der Waals surface area contributed by atoms with E-state index in [1.165, 1.54) is 16.9 Å². The van der Waals surface area contributed by atoms with E-state index in [0.29, 0.717) is 11.6 Å². The Morgan fingerprint density at radius 1 is 1.58 bits per heavy atom. The number of carbonyl (C=O) groups excluding carboxylic acids is 1. The smallest absolute Gasteiger partial charge is 0.273 e. The highest BCUT2D eigenvalue weighted by molar-refractivity contribution is 7.07. The van der Waals surface area contributed by atoms with Crippen LogP contribution in [-0.2, 0) is 0 Å². The van der Waals surface area contributed by atoms with Gasteiger partial charge in [0.15, 0.2) is 0 Å². The van der Waals surface area contributed by atoms with Crippen molar-refractivity contribution >= 4 is 17.2 Å². The number of nitrogens with zero attached hydrogens (tertiary/aromatic N) is 3. The van der Waals surface area contributed by atoms with Crippen LogP contribution >= 0.6 is 11.3 Å². The predicted molar refractivity (Wildman–Crippen MR) is 73.3 cm³/mol. The van der Waals surface area contributed by atoms with Crippen molar-refractivity contribution in [3.63, 3.8) is 0 Å². The second-order valence-corrected chi connectivity index (χ2v) is 5.65. The molecular weight excluding hydrogens is 260 g/mol. The van der Waals surface area contributed by atoms with E-state index in [-0.39, 0.29) is 5.91 Å². The SMILES string of the molecule is Cc1cn[nH]c1C1CCCN(C(=O)c2cscn2)C1. The zero-order valence-electron chi connectivity index (χ0n) is 10.8. The summed E-state index contributed by atoms with van der Waals surface area (Å²) in [7, 11) is 0. The molecular formula is C13H16N4OS. The van der Waals surface area contributed by atoms with Gasteiger partial charge in [0.1, 0.15) is 5.69 Å². The number of H-pyrrole nitrogens is 1. The second kappa shape index (κ2) is 5.13. The molecule has 2 aromatic rings. The molecule has 1 unspecified atom stereocenters. The van der Waals surface area contributed by atoms with E-state index in [2.05, 4.69) is 22.1 Å². The number of piperidine rings is 1. The molecule has 1 N–H and O–H groups in total. The summed E-state index contributed by atoms with van der Waals surface area (Å²) in [5.41, 5.74) is 4.60. The number of hydrogen-bond acceptors (Lipinski definition) is 4. The molecule has 0 aromatic carbocycles. The fourth-order valence-electron chi connectivity index (χ4n) is 2.65. The number of amides is 1. The van der Waals surface area contributed by atoms with Gasteiger partial charge in [-0.3, -0.25) is 9.89 Å². The fourth-order valence-corrected chi connectivity index (χ4v) is 3.17. The van der Waals surface area contributed by atoms with Crippen molar-refractivity contribution in [3.05, 3.63) is 34.0 Å². The van der Waals surface area contributed by atoms with Crippen LogP contribution in [0.25, 0.3) is 0 Å². The molecule has 100 valence electrons. The van der Waals surface area contributed by atoms with Crippen molar-refractivity contribution in [2.75, 3.05) is 13.1 Å². The molecule has 0 saturated carbocycles. The Balaban J connectivity index is 1.75. The number of aromatic amines is 1. The molecule has 6 heteroatoms. The van der Waals surface area contributed by atoms with E-state index in [1.807, 2.05) is 16.5 Å².